The van der Waals surface area contributed by atoms with E-state index in [-0.39, 0.29) is 0 Å². The van der Waals surface area contributed by atoms with Crippen LogP contribution in [0.15, 0.2) is 38.8 Å². The summed E-state index contributed by atoms with van der Waals surface area (Å²) in [6.45, 7) is 3.85. The molecular weight excluding hydrogens is 319 g/mol. The van der Waals surface area contributed by atoms with E-state index >= 15 is 0 Å². The Morgan fingerprint density at radius 3 is 2.38 bits per heavy atom. The maximum atomic E-state index is 5.58. The number of hydrogen-bond donors (Lipinski definition) is 0. The summed E-state index contributed by atoms with van der Waals surface area (Å²) in [5, 5.41) is 0.475. The summed E-state index contributed by atoms with van der Waals surface area (Å²) >= 11 is 12.3. The highest BCUT2D eigenvalue weighted by Crippen LogP contribution is 2.33. The van der Waals surface area contributed by atoms with Crippen LogP contribution in [0.5, 0.6) is 5.75 Å². The predicted molar refractivity (Wildman–Crippen MR) is 62.3 cm³/mol. The molecule has 0 aliphatic rings. The third kappa shape index (κ3) is 3.33. The minimum Gasteiger partial charge on any atom is -0.486 e. The van der Waals surface area contributed by atoms with Gasteiger partial charge in [-0.15, -0.1) is 0 Å². The molecule has 0 heterocycles. The first kappa shape index (κ1) is 11.1. The van der Waals surface area contributed by atoms with Crippen LogP contribution in [-0.2, 0) is 0 Å². The summed E-state index contributed by atoms with van der Waals surface area (Å²) in [5.74, 6) is 0.740. The third-order valence-electron chi connectivity index (χ3n) is 1.29. The highest BCUT2D eigenvalue weighted by Gasteiger charge is 2.05. The van der Waals surface area contributed by atoms with Crippen LogP contribution in [0, 0.1) is 0 Å². The standard InChI is InChI=1S/C9H7Br2ClO/c1-6(12)5-13-9-7(10)3-2-4-8(9)11/h2-4H,1,5H2. The average molecular weight is 326 g/mol. The van der Waals surface area contributed by atoms with Gasteiger partial charge >= 0.3 is 0 Å². The Hall–Kier alpha value is 0.01000. The van der Waals surface area contributed by atoms with Gasteiger partial charge in [0.05, 0.1) is 8.95 Å². The monoisotopic (exact) mass is 324 g/mol. The largest absolute Gasteiger partial charge is 0.486 e. The van der Waals surface area contributed by atoms with E-state index in [1.165, 1.54) is 0 Å². The Labute approximate surface area is 99.0 Å². The molecule has 70 valence electrons. The Balaban J connectivity index is 2.81. The number of benzene rings is 1. The Bertz CT molecular complexity index is 305. The van der Waals surface area contributed by atoms with Crippen molar-refractivity contribution in [2.45, 2.75) is 0 Å². The molecule has 0 atom stereocenters. The number of halogens is 3. The fraction of sp³-hybridized carbons (Fsp3) is 0.111. The summed E-state index contributed by atoms with van der Waals surface area (Å²) in [6, 6.07) is 5.71. The summed E-state index contributed by atoms with van der Waals surface area (Å²) in [5.41, 5.74) is 0. The molecule has 13 heavy (non-hydrogen) atoms. The summed E-state index contributed by atoms with van der Waals surface area (Å²) in [7, 11) is 0. The number of ether oxygens (including phenoxy) is 1. The van der Waals surface area contributed by atoms with Gasteiger partial charge in [0.25, 0.3) is 0 Å². The molecule has 0 saturated carbocycles. The molecule has 0 N–H and O–H groups in total. The van der Waals surface area contributed by atoms with Crippen LogP contribution < -0.4 is 4.74 Å². The van der Waals surface area contributed by atoms with Gasteiger partial charge in [0, 0.05) is 5.03 Å². The van der Waals surface area contributed by atoms with Crippen molar-refractivity contribution in [2.24, 2.45) is 0 Å². The van der Waals surface area contributed by atoms with Crippen LogP contribution in [0.3, 0.4) is 0 Å². The lowest BCUT2D eigenvalue weighted by atomic mass is 10.3. The van der Waals surface area contributed by atoms with Gasteiger partial charge in [-0.05, 0) is 44.0 Å². The van der Waals surface area contributed by atoms with Gasteiger partial charge in [-0.2, -0.15) is 0 Å². The summed E-state index contributed by atoms with van der Waals surface area (Å²) in [6.07, 6.45) is 0. The van der Waals surface area contributed by atoms with Crippen LogP contribution in [0.1, 0.15) is 0 Å². The quantitative estimate of drug-likeness (QED) is 0.803. The lowest BCUT2D eigenvalue weighted by Crippen LogP contribution is -1.97. The minimum atomic E-state index is 0.308. The molecule has 0 aliphatic carbocycles. The van der Waals surface area contributed by atoms with Crippen LogP contribution in [0.25, 0.3) is 0 Å². The van der Waals surface area contributed by atoms with Crippen LogP contribution in [0.2, 0.25) is 0 Å². The van der Waals surface area contributed by atoms with Crippen molar-refractivity contribution in [3.8, 4) is 5.75 Å². The second kappa shape index (κ2) is 5.03. The van der Waals surface area contributed by atoms with Gasteiger partial charge in [-0.25, -0.2) is 0 Å². The predicted octanol–water partition coefficient (Wildman–Crippen LogP) is 4.34. The van der Waals surface area contributed by atoms with Gasteiger partial charge in [0.2, 0.25) is 0 Å². The topological polar surface area (TPSA) is 9.23 Å². The van der Waals surface area contributed by atoms with E-state index in [9.17, 15) is 0 Å². The van der Waals surface area contributed by atoms with Crippen molar-refractivity contribution >= 4 is 43.5 Å². The van der Waals surface area contributed by atoms with Crippen LogP contribution >= 0.6 is 43.5 Å². The summed E-state index contributed by atoms with van der Waals surface area (Å²) in [4.78, 5) is 0. The minimum absolute atomic E-state index is 0.308. The average Bonchev–Trinajstić information content (AvgIpc) is 2.03. The first-order valence-electron chi connectivity index (χ1n) is 3.51. The zero-order valence-electron chi connectivity index (χ0n) is 6.69. The maximum absolute atomic E-state index is 5.58. The maximum Gasteiger partial charge on any atom is 0.148 e. The lowest BCUT2D eigenvalue weighted by molar-refractivity contribution is 0.355. The van der Waals surface area contributed by atoms with Crippen LogP contribution in [-0.4, -0.2) is 6.61 Å². The molecule has 0 fully saturated rings. The van der Waals surface area contributed by atoms with Gasteiger partial charge < -0.3 is 4.74 Å². The molecule has 1 aromatic rings. The highest BCUT2D eigenvalue weighted by molar-refractivity contribution is 9.11. The van der Waals surface area contributed by atoms with E-state index in [1.54, 1.807) is 0 Å². The second-order valence-electron chi connectivity index (χ2n) is 2.36. The SMILES string of the molecule is C=C(Cl)COc1c(Br)cccc1Br. The van der Waals surface area contributed by atoms with Crippen molar-refractivity contribution in [3.63, 3.8) is 0 Å². The number of para-hydroxylation sites is 1. The van der Waals surface area contributed by atoms with E-state index in [0.717, 1.165) is 14.7 Å². The van der Waals surface area contributed by atoms with E-state index in [4.69, 9.17) is 16.3 Å². The zero-order valence-corrected chi connectivity index (χ0v) is 10.6. The first-order chi connectivity index (χ1) is 6.11. The first-order valence-corrected chi connectivity index (χ1v) is 5.47. The van der Waals surface area contributed by atoms with Crippen molar-refractivity contribution < 1.29 is 4.74 Å². The molecule has 4 heteroatoms. The molecule has 1 rings (SSSR count). The number of hydrogen-bond acceptors (Lipinski definition) is 1. The number of rotatable bonds is 3. The molecule has 0 spiro atoms. The Morgan fingerprint density at radius 1 is 1.38 bits per heavy atom. The second-order valence-corrected chi connectivity index (χ2v) is 4.60. The van der Waals surface area contributed by atoms with Gasteiger partial charge in [0.1, 0.15) is 12.4 Å². The Kier molecular flexibility index (Phi) is 4.29. The third-order valence-corrected chi connectivity index (χ3v) is 2.65. The Morgan fingerprint density at radius 2 is 1.92 bits per heavy atom. The van der Waals surface area contributed by atoms with Crippen LogP contribution in [0.4, 0.5) is 0 Å². The van der Waals surface area contributed by atoms with Crippen molar-refractivity contribution in [3.05, 3.63) is 38.8 Å². The normalized spacial score (nSPS) is 9.77. The molecule has 1 nitrogen and oxygen atoms in total. The van der Waals surface area contributed by atoms with Crippen molar-refractivity contribution in [1.29, 1.82) is 0 Å². The van der Waals surface area contributed by atoms with E-state index in [1.807, 2.05) is 18.2 Å². The summed E-state index contributed by atoms with van der Waals surface area (Å²) < 4.78 is 7.18. The highest BCUT2D eigenvalue weighted by atomic mass is 79.9. The van der Waals surface area contributed by atoms with Crippen molar-refractivity contribution in [2.75, 3.05) is 6.61 Å². The van der Waals surface area contributed by atoms with E-state index < -0.39 is 0 Å². The molecule has 0 radical (unpaired) electrons. The smallest absolute Gasteiger partial charge is 0.148 e. The van der Waals surface area contributed by atoms with Gasteiger partial charge in [-0.3, -0.25) is 0 Å². The fourth-order valence-electron chi connectivity index (χ4n) is 0.771. The van der Waals surface area contributed by atoms with E-state index in [2.05, 4.69) is 38.4 Å². The lowest BCUT2D eigenvalue weighted by Gasteiger charge is -2.08. The van der Waals surface area contributed by atoms with Crippen molar-refractivity contribution in [1.82, 2.24) is 0 Å². The molecule has 0 amide bonds. The molecule has 1 aromatic carbocycles. The zero-order chi connectivity index (χ0) is 9.84. The molecular formula is C9H7Br2ClO. The molecule has 0 bridgehead atoms. The molecule has 0 unspecified atom stereocenters. The van der Waals surface area contributed by atoms with Gasteiger partial charge in [0.15, 0.2) is 0 Å². The molecule has 0 saturated heterocycles. The molecule has 0 aliphatic heterocycles. The van der Waals surface area contributed by atoms with E-state index in [0.29, 0.717) is 11.6 Å². The van der Waals surface area contributed by atoms with Gasteiger partial charge in [-0.1, -0.05) is 24.2 Å². The molecule has 0 aromatic heterocycles. The fourth-order valence-corrected chi connectivity index (χ4v) is 2.05.